The fraction of sp³-hybridized carbons (Fsp3) is 0.519. The molecule has 0 bridgehead atoms. The van der Waals surface area contributed by atoms with E-state index in [0.29, 0.717) is 24.7 Å². The lowest BCUT2D eigenvalue weighted by atomic mass is 9.98. The van der Waals surface area contributed by atoms with E-state index in [1.54, 1.807) is 12.1 Å². The average molecular weight is 638 g/mol. The van der Waals surface area contributed by atoms with Gasteiger partial charge in [-0.2, -0.15) is 48.3 Å². The monoisotopic (exact) mass is 638 g/mol. The van der Waals surface area contributed by atoms with Crippen molar-refractivity contribution in [2.75, 3.05) is 19.8 Å². The van der Waals surface area contributed by atoms with Gasteiger partial charge in [0.15, 0.2) is 12.9 Å². The minimum atomic E-state index is -7.52. The van der Waals surface area contributed by atoms with Crippen molar-refractivity contribution in [1.82, 2.24) is 0 Å². The van der Waals surface area contributed by atoms with Crippen LogP contribution in [0.5, 0.6) is 11.5 Å². The number of carbonyl (C=O) groups excluding carboxylic acids is 1. The van der Waals surface area contributed by atoms with Crippen molar-refractivity contribution in [1.29, 1.82) is 0 Å². The molecule has 0 aromatic heterocycles. The third-order valence-electron chi connectivity index (χ3n) is 6.41. The van der Waals surface area contributed by atoms with Crippen LogP contribution < -0.4 is 9.47 Å². The molecule has 0 N–H and O–H groups in total. The summed E-state index contributed by atoms with van der Waals surface area (Å²) >= 11 is 0. The highest BCUT2D eigenvalue weighted by Gasteiger charge is 2.87. The van der Waals surface area contributed by atoms with Crippen LogP contribution in [0.4, 0.5) is 48.3 Å². The van der Waals surface area contributed by atoms with Gasteiger partial charge in [-0.3, -0.25) is 0 Å². The standard InChI is InChI=1S/C27H25F11O5/c1-2-3-4-16-13-40-22(41-14-16)18-7-5-17(6-8-18)21(39)43-20-11-9-19(10-12-20)42-15-23(28,29)24(30,31)25(32,33)26(34,35)27(36,37)38/h5-12,16,22H,2-4,13-15H2,1H3. The lowest BCUT2D eigenvalue weighted by molar-refractivity contribution is -0.423. The van der Waals surface area contributed by atoms with Crippen LogP contribution in [0.2, 0.25) is 0 Å². The molecule has 2 aromatic rings. The molecule has 43 heavy (non-hydrogen) atoms. The van der Waals surface area contributed by atoms with Gasteiger partial charge in [0, 0.05) is 11.5 Å². The number of ether oxygens (including phenoxy) is 4. The summed E-state index contributed by atoms with van der Waals surface area (Å²) in [5, 5.41) is 0. The fourth-order valence-corrected chi connectivity index (χ4v) is 3.81. The Labute approximate surface area is 237 Å². The Bertz CT molecular complexity index is 1210. The molecule has 3 rings (SSSR count). The normalized spacial score (nSPS) is 18.8. The number of esters is 1. The van der Waals surface area contributed by atoms with E-state index in [1.807, 2.05) is 0 Å². The summed E-state index contributed by atoms with van der Waals surface area (Å²) in [6, 6.07) is 9.41. The predicted octanol–water partition coefficient (Wildman–Crippen LogP) is 8.24. The maximum atomic E-state index is 13.8. The number of benzene rings is 2. The molecule has 0 spiro atoms. The molecule has 240 valence electrons. The first kappa shape index (κ1) is 34.4. The SMILES string of the molecule is CCCCC1COC(c2ccc(C(=O)Oc3ccc(OCC(F)(F)C(F)(F)C(F)(F)C(F)(F)C(F)(F)F)cc3)cc2)OC1. The summed E-state index contributed by atoms with van der Waals surface area (Å²) < 4.78 is 165. The van der Waals surface area contributed by atoms with Crippen molar-refractivity contribution < 1.29 is 72.0 Å². The van der Waals surface area contributed by atoms with E-state index in [9.17, 15) is 53.1 Å². The molecule has 1 heterocycles. The summed E-state index contributed by atoms with van der Waals surface area (Å²) in [7, 11) is 0. The highest BCUT2D eigenvalue weighted by atomic mass is 19.4. The molecule has 0 amide bonds. The van der Waals surface area contributed by atoms with Crippen molar-refractivity contribution >= 4 is 5.97 Å². The molecule has 5 nitrogen and oxygen atoms in total. The van der Waals surface area contributed by atoms with E-state index in [4.69, 9.17) is 14.2 Å². The van der Waals surface area contributed by atoms with Crippen molar-refractivity contribution in [2.45, 2.75) is 62.3 Å². The van der Waals surface area contributed by atoms with Crippen LogP contribution >= 0.6 is 0 Å². The molecule has 0 atom stereocenters. The molecular formula is C27H25F11O5. The van der Waals surface area contributed by atoms with E-state index in [2.05, 4.69) is 11.7 Å². The lowest BCUT2D eigenvalue weighted by Gasteiger charge is -2.37. The van der Waals surface area contributed by atoms with Crippen LogP contribution in [0, 0.1) is 5.92 Å². The van der Waals surface area contributed by atoms with E-state index in [-0.39, 0.29) is 11.3 Å². The van der Waals surface area contributed by atoms with Gasteiger partial charge in [0.05, 0.1) is 18.8 Å². The van der Waals surface area contributed by atoms with Crippen LogP contribution in [-0.2, 0) is 9.47 Å². The van der Waals surface area contributed by atoms with Gasteiger partial charge in [-0.1, -0.05) is 31.9 Å². The molecule has 0 saturated carbocycles. The third-order valence-corrected chi connectivity index (χ3v) is 6.41. The highest BCUT2D eigenvalue weighted by molar-refractivity contribution is 5.91. The Morgan fingerprint density at radius 2 is 1.30 bits per heavy atom. The van der Waals surface area contributed by atoms with Crippen molar-refractivity contribution in [3.05, 3.63) is 59.7 Å². The van der Waals surface area contributed by atoms with E-state index in [0.717, 1.165) is 43.5 Å². The van der Waals surface area contributed by atoms with Gasteiger partial charge in [0.1, 0.15) is 11.5 Å². The largest absolute Gasteiger partial charge is 0.487 e. The molecule has 0 unspecified atom stereocenters. The molecular weight excluding hydrogens is 613 g/mol. The number of hydrogen-bond donors (Lipinski definition) is 0. The Morgan fingerprint density at radius 1 is 0.767 bits per heavy atom. The highest BCUT2D eigenvalue weighted by Crippen LogP contribution is 2.57. The Hall–Kier alpha value is -3.14. The minimum Gasteiger partial charge on any atom is -0.487 e. The number of halogens is 11. The summed E-state index contributed by atoms with van der Waals surface area (Å²) in [5.41, 5.74) is 0.730. The molecule has 0 radical (unpaired) electrons. The van der Waals surface area contributed by atoms with Gasteiger partial charge in [-0.15, -0.1) is 0 Å². The molecule has 1 fully saturated rings. The summed E-state index contributed by atoms with van der Waals surface area (Å²) in [6.45, 7) is 0.437. The topological polar surface area (TPSA) is 54.0 Å². The van der Waals surface area contributed by atoms with Crippen LogP contribution in [0.25, 0.3) is 0 Å². The van der Waals surface area contributed by atoms with Gasteiger partial charge in [0.25, 0.3) is 0 Å². The molecule has 1 aliphatic rings. The van der Waals surface area contributed by atoms with Gasteiger partial charge < -0.3 is 18.9 Å². The average Bonchev–Trinajstić information content (AvgIpc) is 2.95. The maximum Gasteiger partial charge on any atom is 0.460 e. The van der Waals surface area contributed by atoms with E-state index in [1.165, 1.54) is 12.1 Å². The number of unbranched alkanes of at least 4 members (excludes halogenated alkanes) is 1. The second-order valence-corrected chi connectivity index (χ2v) is 9.70. The zero-order valence-electron chi connectivity index (χ0n) is 22.2. The van der Waals surface area contributed by atoms with Crippen LogP contribution in [0.1, 0.15) is 48.4 Å². The number of hydrogen-bond acceptors (Lipinski definition) is 5. The first-order valence-electron chi connectivity index (χ1n) is 12.7. The Kier molecular flexibility index (Phi) is 10.3. The minimum absolute atomic E-state index is 0.0826. The summed E-state index contributed by atoms with van der Waals surface area (Å²) in [4.78, 5) is 12.4. The van der Waals surface area contributed by atoms with Crippen molar-refractivity contribution in [2.24, 2.45) is 5.92 Å². The van der Waals surface area contributed by atoms with Crippen LogP contribution in [0.3, 0.4) is 0 Å². The van der Waals surface area contributed by atoms with Crippen molar-refractivity contribution in [3.63, 3.8) is 0 Å². The van der Waals surface area contributed by atoms with Gasteiger partial charge >= 0.3 is 35.8 Å². The number of carbonyl (C=O) groups is 1. The summed E-state index contributed by atoms with van der Waals surface area (Å²) in [6.07, 6.45) is -4.77. The zero-order chi connectivity index (χ0) is 32.3. The zero-order valence-corrected chi connectivity index (χ0v) is 22.2. The van der Waals surface area contributed by atoms with E-state index >= 15 is 0 Å². The second kappa shape index (κ2) is 12.8. The first-order valence-corrected chi connectivity index (χ1v) is 12.7. The molecule has 1 saturated heterocycles. The van der Waals surface area contributed by atoms with Gasteiger partial charge in [-0.25, -0.2) is 4.79 Å². The summed E-state index contributed by atoms with van der Waals surface area (Å²) in [5.74, 6) is -29.8. The maximum absolute atomic E-state index is 13.8. The Morgan fingerprint density at radius 3 is 1.81 bits per heavy atom. The lowest BCUT2D eigenvalue weighted by Crippen LogP contribution is -2.67. The molecule has 2 aromatic carbocycles. The molecule has 1 aliphatic heterocycles. The molecule has 0 aliphatic carbocycles. The fourth-order valence-electron chi connectivity index (χ4n) is 3.81. The van der Waals surface area contributed by atoms with Gasteiger partial charge in [-0.05, 0) is 42.8 Å². The smallest absolute Gasteiger partial charge is 0.460 e. The molecule has 16 heteroatoms. The van der Waals surface area contributed by atoms with Gasteiger partial charge in [0.2, 0.25) is 0 Å². The quantitative estimate of drug-likeness (QED) is 0.133. The second-order valence-electron chi connectivity index (χ2n) is 9.70. The van der Waals surface area contributed by atoms with Crippen LogP contribution in [-0.4, -0.2) is 55.7 Å². The van der Waals surface area contributed by atoms with Crippen molar-refractivity contribution in [3.8, 4) is 11.5 Å². The third kappa shape index (κ3) is 7.33. The van der Waals surface area contributed by atoms with E-state index < -0.39 is 54.5 Å². The Balaban J connectivity index is 1.57. The van der Waals surface area contributed by atoms with Crippen LogP contribution in [0.15, 0.2) is 48.5 Å². The first-order chi connectivity index (χ1) is 19.8. The number of alkyl halides is 11. The number of rotatable bonds is 12. The predicted molar refractivity (Wildman–Crippen MR) is 127 cm³/mol.